The topological polar surface area (TPSA) is 57.2 Å². The number of anilines is 1. The van der Waals surface area contributed by atoms with Gasteiger partial charge in [-0.15, -0.1) is 0 Å². The lowest BCUT2D eigenvalue weighted by atomic mass is 10.1. The highest BCUT2D eigenvalue weighted by Crippen LogP contribution is 2.38. The molecule has 0 aliphatic carbocycles. The standard InChI is InChI=1S/C22H24FNO5/c1-26-20-12-15(13-21(27-2)22(20)28-3)4-7-19(25)16-5-6-18(17(23)14-16)24-8-10-29-11-9-24/h4-7,12-14H,8-11H2,1-3H3/b7-4+. The van der Waals surface area contributed by atoms with Gasteiger partial charge in [-0.3, -0.25) is 4.79 Å². The molecule has 1 heterocycles. The van der Waals surface area contributed by atoms with Gasteiger partial charge in [0.2, 0.25) is 5.75 Å². The molecule has 6 nitrogen and oxygen atoms in total. The number of halogens is 1. The third-order valence-electron chi connectivity index (χ3n) is 4.70. The number of morpholine rings is 1. The molecule has 0 unspecified atom stereocenters. The summed E-state index contributed by atoms with van der Waals surface area (Å²) in [6.07, 6.45) is 3.02. The van der Waals surface area contributed by atoms with Crippen LogP contribution in [0.4, 0.5) is 10.1 Å². The zero-order valence-corrected chi connectivity index (χ0v) is 16.7. The maximum Gasteiger partial charge on any atom is 0.203 e. The van der Waals surface area contributed by atoms with E-state index in [1.54, 1.807) is 30.3 Å². The summed E-state index contributed by atoms with van der Waals surface area (Å²) in [5, 5.41) is 0. The van der Waals surface area contributed by atoms with Crippen molar-refractivity contribution < 1.29 is 28.1 Å². The van der Waals surface area contributed by atoms with Gasteiger partial charge < -0.3 is 23.8 Å². The molecule has 0 aromatic heterocycles. The van der Waals surface area contributed by atoms with Crippen LogP contribution in [0.5, 0.6) is 17.2 Å². The summed E-state index contributed by atoms with van der Waals surface area (Å²) in [6.45, 7) is 2.39. The first-order chi connectivity index (χ1) is 14.1. The molecule has 1 fully saturated rings. The summed E-state index contributed by atoms with van der Waals surface area (Å²) in [7, 11) is 4.57. The molecular formula is C22H24FNO5. The summed E-state index contributed by atoms with van der Waals surface area (Å²) in [4.78, 5) is 14.4. The first-order valence-electron chi connectivity index (χ1n) is 9.22. The van der Waals surface area contributed by atoms with Crippen molar-refractivity contribution in [2.45, 2.75) is 0 Å². The van der Waals surface area contributed by atoms with E-state index in [1.165, 1.54) is 33.5 Å². The fraction of sp³-hybridized carbons (Fsp3) is 0.318. The first-order valence-corrected chi connectivity index (χ1v) is 9.22. The van der Waals surface area contributed by atoms with E-state index >= 15 is 0 Å². The van der Waals surface area contributed by atoms with Gasteiger partial charge in [-0.05, 0) is 42.0 Å². The summed E-state index contributed by atoms with van der Waals surface area (Å²) >= 11 is 0. The van der Waals surface area contributed by atoms with Crippen LogP contribution < -0.4 is 19.1 Å². The second kappa shape index (κ2) is 9.43. The lowest BCUT2D eigenvalue weighted by Gasteiger charge is -2.29. The number of carbonyl (C=O) groups is 1. The molecule has 0 saturated carbocycles. The molecule has 0 N–H and O–H groups in total. The largest absolute Gasteiger partial charge is 0.493 e. The Morgan fingerprint density at radius 3 is 2.24 bits per heavy atom. The number of allylic oxidation sites excluding steroid dienone is 1. The van der Waals surface area contributed by atoms with Crippen molar-refractivity contribution in [3.63, 3.8) is 0 Å². The van der Waals surface area contributed by atoms with Gasteiger partial charge in [-0.25, -0.2) is 4.39 Å². The number of methoxy groups -OCH3 is 3. The third kappa shape index (κ3) is 4.68. The number of carbonyl (C=O) groups excluding carboxylic acids is 1. The Labute approximate surface area is 169 Å². The van der Waals surface area contributed by atoms with Gasteiger partial charge in [-0.1, -0.05) is 6.08 Å². The van der Waals surface area contributed by atoms with E-state index in [2.05, 4.69) is 0 Å². The minimum Gasteiger partial charge on any atom is -0.493 e. The minimum atomic E-state index is -0.418. The summed E-state index contributed by atoms with van der Waals surface area (Å²) in [6, 6.07) is 8.00. The summed E-state index contributed by atoms with van der Waals surface area (Å²) in [5.74, 6) is 0.726. The van der Waals surface area contributed by atoms with Crippen LogP contribution in [0, 0.1) is 5.82 Å². The average Bonchev–Trinajstić information content (AvgIpc) is 2.77. The molecule has 154 valence electrons. The molecule has 0 atom stereocenters. The normalized spacial score (nSPS) is 14.1. The second-order valence-corrected chi connectivity index (χ2v) is 6.42. The van der Waals surface area contributed by atoms with E-state index < -0.39 is 5.82 Å². The Balaban J connectivity index is 1.79. The Hall–Kier alpha value is -3.06. The molecule has 1 aliphatic heterocycles. The van der Waals surface area contributed by atoms with E-state index in [9.17, 15) is 9.18 Å². The molecule has 1 aliphatic rings. The quantitative estimate of drug-likeness (QED) is 0.522. The molecule has 0 radical (unpaired) electrons. The van der Waals surface area contributed by atoms with E-state index in [4.69, 9.17) is 18.9 Å². The maximum absolute atomic E-state index is 14.5. The molecule has 0 bridgehead atoms. The molecule has 1 saturated heterocycles. The highest BCUT2D eigenvalue weighted by molar-refractivity contribution is 6.07. The van der Waals surface area contributed by atoms with Gasteiger partial charge in [0.1, 0.15) is 5.82 Å². The Morgan fingerprint density at radius 1 is 1.03 bits per heavy atom. The number of ether oxygens (including phenoxy) is 4. The second-order valence-electron chi connectivity index (χ2n) is 6.42. The van der Waals surface area contributed by atoms with E-state index in [0.29, 0.717) is 54.8 Å². The van der Waals surface area contributed by atoms with E-state index in [0.717, 1.165) is 0 Å². The number of nitrogens with zero attached hydrogens (tertiary/aromatic N) is 1. The molecule has 29 heavy (non-hydrogen) atoms. The van der Waals surface area contributed by atoms with Gasteiger partial charge in [0.25, 0.3) is 0 Å². The smallest absolute Gasteiger partial charge is 0.203 e. The number of benzene rings is 2. The monoisotopic (exact) mass is 401 g/mol. The van der Waals surface area contributed by atoms with Crippen molar-refractivity contribution in [3.8, 4) is 17.2 Å². The van der Waals surface area contributed by atoms with Crippen LogP contribution in [0.2, 0.25) is 0 Å². The van der Waals surface area contributed by atoms with Crippen molar-refractivity contribution >= 4 is 17.5 Å². The summed E-state index contributed by atoms with van der Waals surface area (Å²) in [5.41, 5.74) is 1.46. The molecule has 2 aromatic rings. The van der Waals surface area contributed by atoms with Gasteiger partial charge in [0.05, 0.1) is 40.2 Å². The average molecular weight is 401 g/mol. The van der Waals surface area contributed by atoms with Gasteiger partial charge in [-0.2, -0.15) is 0 Å². The number of hydrogen-bond acceptors (Lipinski definition) is 6. The highest BCUT2D eigenvalue weighted by atomic mass is 19.1. The third-order valence-corrected chi connectivity index (χ3v) is 4.70. The van der Waals surface area contributed by atoms with Crippen LogP contribution in [0.3, 0.4) is 0 Å². The van der Waals surface area contributed by atoms with E-state index in [1.807, 2.05) is 4.90 Å². The molecule has 0 amide bonds. The molecule has 3 rings (SSSR count). The maximum atomic E-state index is 14.5. The molecule has 7 heteroatoms. The van der Waals surface area contributed by atoms with Crippen LogP contribution in [-0.2, 0) is 4.74 Å². The Morgan fingerprint density at radius 2 is 1.69 bits per heavy atom. The predicted molar refractivity (Wildman–Crippen MR) is 109 cm³/mol. The van der Waals surface area contributed by atoms with Gasteiger partial charge in [0, 0.05) is 18.7 Å². The zero-order chi connectivity index (χ0) is 20.8. The van der Waals surface area contributed by atoms with Crippen LogP contribution in [0.1, 0.15) is 15.9 Å². The Bertz CT molecular complexity index is 881. The highest BCUT2D eigenvalue weighted by Gasteiger charge is 2.17. The van der Waals surface area contributed by atoms with Crippen LogP contribution in [-0.4, -0.2) is 53.4 Å². The summed E-state index contributed by atoms with van der Waals surface area (Å²) < 4.78 is 35.7. The van der Waals surface area contributed by atoms with Crippen molar-refractivity contribution in [3.05, 3.63) is 53.4 Å². The van der Waals surface area contributed by atoms with Crippen LogP contribution >= 0.6 is 0 Å². The first kappa shape index (κ1) is 20.7. The lowest BCUT2D eigenvalue weighted by Crippen LogP contribution is -2.36. The molecule has 2 aromatic carbocycles. The van der Waals surface area contributed by atoms with Gasteiger partial charge >= 0.3 is 0 Å². The van der Waals surface area contributed by atoms with Gasteiger partial charge in [0.15, 0.2) is 17.3 Å². The van der Waals surface area contributed by atoms with Crippen LogP contribution in [0.25, 0.3) is 6.08 Å². The molecule has 0 spiro atoms. The fourth-order valence-corrected chi connectivity index (χ4v) is 3.19. The van der Waals surface area contributed by atoms with Crippen molar-refractivity contribution in [1.82, 2.24) is 0 Å². The number of rotatable bonds is 7. The fourth-order valence-electron chi connectivity index (χ4n) is 3.19. The molecular weight excluding hydrogens is 377 g/mol. The predicted octanol–water partition coefficient (Wildman–Crippen LogP) is 3.58. The van der Waals surface area contributed by atoms with Crippen molar-refractivity contribution in [2.75, 3.05) is 52.5 Å². The van der Waals surface area contributed by atoms with Crippen molar-refractivity contribution in [1.29, 1.82) is 0 Å². The van der Waals surface area contributed by atoms with Crippen LogP contribution in [0.15, 0.2) is 36.4 Å². The minimum absolute atomic E-state index is 0.281. The number of ketones is 1. The SMILES string of the molecule is COc1cc(/C=C/C(=O)c2ccc(N3CCOCC3)c(F)c2)cc(OC)c1OC. The van der Waals surface area contributed by atoms with E-state index in [-0.39, 0.29) is 11.3 Å². The van der Waals surface area contributed by atoms with Crippen molar-refractivity contribution in [2.24, 2.45) is 0 Å². The number of hydrogen-bond donors (Lipinski definition) is 0. The zero-order valence-electron chi connectivity index (χ0n) is 16.7. The lowest BCUT2D eigenvalue weighted by molar-refractivity contribution is 0.104. The Kier molecular flexibility index (Phi) is 6.72.